The number of amides is 3. The molecular formula is C31H28N4O3S. The molecule has 1 aromatic heterocycles. The fourth-order valence-corrected chi connectivity index (χ4v) is 4.44. The van der Waals surface area contributed by atoms with Crippen molar-refractivity contribution in [3.63, 3.8) is 0 Å². The maximum atomic E-state index is 13.1. The summed E-state index contributed by atoms with van der Waals surface area (Å²) in [7, 11) is 0. The average molecular weight is 537 g/mol. The highest BCUT2D eigenvalue weighted by molar-refractivity contribution is 8.00. The lowest BCUT2D eigenvalue weighted by atomic mass is 10.1. The Morgan fingerprint density at radius 3 is 2.21 bits per heavy atom. The lowest BCUT2D eigenvalue weighted by molar-refractivity contribution is -0.114. The van der Waals surface area contributed by atoms with Gasteiger partial charge in [-0.15, -0.1) is 11.8 Å². The van der Waals surface area contributed by atoms with Crippen molar-refractivity contribution in [1.82, 2.24) is 10.3 Å². The summed E-state index contributed by atoms with van der Waals surface area (Å²) in [4.78, 5) is 43.3. The molecule has 0 aliphatic rings. The second kappa shape index (κ2) is 13.2. The van der Waals surface area contributed by atoms with Crippen LogP contribution in [0.2, 0.25) is 0 Å². The summed E-state index contributed by atoms with van der Waals surface area (Å²) >= 11 is 1.40. The van der Waals surface area contributed by atoms with Crippen LogP contribution in [-0.4, -0.2) is 28.5 Å². The molecule has 3 aromatic carbocycles. The quantitative estimate of drug-likeness (QED) is 0.184. The van der Waals surface area contributed by atoms with E-state index in [0.29, 0.717) is 16.8 Å². The topological polar surface area (TPSA) is 100 Å². The molecule has 196 valence electrons. The van der Waals surface area contributed by atoms with E-state index in [4.69, 9.17) is 0 Å². The van der Waals surface area contributed by atoms with E-state index in [1.807, 2.05) is 50.2 Å². The molecule has 4 rings (SSSR count). The van der Waals surface area contributed by atoms with Gasteiger partial charge in [0.05, 0.1) is 5.75 Å². The highest BCUT2D eigenvalue weighted by Crippen LogP contribution is 2.23. The van der Waals surface area contributed by atoms with Gasteiger partial charge in [0.2, 0.25) is 5.91 Å². The Morgan fingerprint density at radius 2 is 1.54 bits per heavy atom. The van der Waals surface area contributed by atoms with Gasteiger partial charge in [0, 0.05) is 34.2 Å². The van der Waals surface area contributed by atoms with E-state index in [2.05, 4.69) is 20.9 Å². The molecule has 0 atom stereocenters. The first kappa shape index (κ1) is 27.3. The van der Waals surface area contributed by atoms with Crippen LogP contribution in [-0.2, 0) is 9.59 Å². The van der Waals surface area contributed by atoms with Crippen LogP contribution in [0.15, 0.2) is 108 Å². The van der Waals surface area contributed by atoms with E-state index < -0.39 is 11.8 Å². The lowest BCUT2D eigenvalue weighted by Gasteiger charge is -2.12. The van der Waals surface area contributed by atoms with E-state index in [1.54, 1.807) is 67.0 Å². The maximum Gasteiger partial charge on any atom is 0.272 e. The van der Waals surface area contributed by atoms with Gasteiger partial charge in [-0.25, -0.2) is 0 Å². The van der Waals surface area contributed by atoms with Crippen LogP contribution >= 0.6 is 11.8 Å². The van der Waals surface area contributed by atoms with Gasteiger partial charge in [-0.1, -0.05) is 42.5 Å². The number of hydrogen-bond donors (Lipinski definition) is 3. The predicted molar refractivity (Wildman–Crippen MR) is 156 cm³/mol. The SMILES string of the molecule is Cc1cccc(C)c1NC(=O)CSc1ccc(NC(=O)/C(=C/c2cccnc2)NC(=O)c2ccccc2)cc1. The van der Waals surface area contributed by atoms with Crippen molar-refractivity contribution >= 4 is 46.9 Å². The standard InChI is InChI=1S/C31H28N4O3S/c1-21-8-6-9-22(2)29(21)35-28(36)20-39-26-15-13-25(14-16-26)33-31(38)27(18-23-10-7-17-32-19-23)34-30(37)24-11-4-3-5-12-24/h3-19H,20H2,1-2H3,(H,33,38)(H,34,37)(H,35,36)/b27-18-. The van der Waals surface area contributed by atoms with Crippen LogP contribution in [0.5, 0.6) is 0 Å². The summed E-state index contributed by atoms with van der Waals surface area (Å²) < 4.78 is 0. The Labute approximate surface area is 231 Å². The number of thioether (sulfide) groups is 1. The van der Waals surface area contributed by atoms with Gasteiger partial charge >= 0.3 is 0 Å². The van der Waals surface area contributed by atoms with E-state index in [1.165, 1.54) is 11.8 Å². The fourth-order valence-electron chi connectivity index (χ4n) is 3.74. The van der Waals surface area contributed by atoms with Crippen molar-refractivity contribution in [2.24, 2.45) is 0 Å². The number of carbonyl (C=O) groups excluding carboxylic acids is 3. The van der Waals surface area contributed by atoms with Crippen LogP contribution in [0, 0.1) is 13.8 Å². The number of anilines is 2. The molecule has 4 aromatic rings. The lowest BCUT2D eigenvalue weighted by Crippen LogP contribution is -2.30. The third-order valence-electron chi connectivity index (χ3n) is 5.75. The van der Waals surface area contributed by atoms with E-state index >= 15 is 0 Å². The number of hydrogen-bond acceptors (Lipinski definition) is 5. The highest BCUT2D eigenvalue weighted by atomic mass is 32.2. The minimum atomic E-state index is -0.475. The number of carbonyl (C=O) groups is 3. The van der Waals surface area contributed by atoms with Crippen LogP contribution in [0.4, 0.5) is 11.4 Å². The van der Waals surface area contributed by atoms with Crippen LogP contribution < -0.4 is 16.0 Å². The molecule has 0 saturated carbocycles. The van der Waals surface area contributed by atoms with E-state index in [0.717, 1.165) is 21.7 Å². The average Bonchev–Trinajstić information content (AvgIpc) is 2.95. The zero-order valence-corrected chi connectivity index (χ0v) is 22.4. The normalized spacial score (nSPS) is 11.0. The first-order valence-electron chi connectivity index (χ1n) is 12.3. The number of pyridine rings is 1. The van der Waals surface area contributed by atoms with Crippen LogP contribution in [0.1, 0.15) is 27.0 Å². The molecule has 0 bridgehead atoms. The Bertz CT molecular complexity index is 1470. The third kappa shape index (κ3) is 7.90. The number of benzene rings is 3. The summed E-state index contributed by atoms with van der Waals surface area (Å²) in [5.41, 5.74) is 4.62. The molecule has 1 heterocycles. The zero-order chi connectivity index (χ0) is 27.6. The second-order valence-electron chi connectivity index (χ2n) is 8.75. The summed E-state index contributed by atoms with van der Waals surface area (Å²) in [5, 5.41) is 8.52. The Morgan fingerprint density at radius 1 is 0.821 bits per heavy atom. The molecule has 3 amide bonds. The molecule has 7 nitrogen and oxygen atoms in total. The smallest absolute Gasteiger partial charge is 0.272 e. The van der Waals surface area contributed by atoms with Crippen molar-refractivity contribution in [2.75, 3.05) is 16.4 Å². The van der Waals surface area contributed by atoms with E-state index in [9.17, 15) is 14.4 Å². The monoisotopic (exact) mass is 536 g/mol. The molecular weight excluding hydrogens is 508 g/mol. The minimum absolute atomic E-state index is 0.0819. The summed E-state index contributed by atoms with van der Waals surface area (Å²) in [6.07, 6.45) is 4.80. The van der Waals surface area contributed by atoms with Crippen molar-refractivity contribution in [3.8, 4) is 0 Å². The maximum absolute atomic E-state index is 13.1. The molecule has 0 unspecified atom stereocenters. The number of nitrogens with one attached hydrogen (secondary N) is 3. The van der Waals surface area contributed by atoms with Gasteiger partial charge in [-0.05, 0) is 79.1 Å². The molecule has 3 N–H and O–H groups in total. The van der Waals surface area contributed by atoms with Gasteiger partial charge in [0.25, 0.3) is 11.8 Å². The number of nitrogens with zero attached hydrogens (tertiary/aromatic N) is 1. The highest BCUT2D eigenvalue weighted by Gasteiger charge is 2.15. The van der Waals surface area contributed by atoms with Gasteiger partial charge < -0.3 is 16.0 Å². The number of para-hydroxylation sites is 1. The Kier molecular flexibility index (Phi) is 9.26. The molecule has 0 radical (unpaired) electrons. The van der Waals surface area contributed by atoms with Gasteiger partial charge in [-0.2, -0.15) is 0 Å². The molecule has 0 aliphatic heterocycles. The minimum Gasteiger partial charge on any atom is -0.325 e. The third-order valence-corrected chi connectivity index (χ3v) is 6.76. The van der Waals surface area contributed by atoms with Crippen LogP contribution in [0.25, 0.3) is 6.08 Å². The number of aryl methyl sites for hydroxylation is 2. The fraction of sp³-hybridized carbons (Fsp3) is 0.0968. The van der Waals surface area contributed by atoms with Crippen molar-refractivity contribution in [3.05, 3.63) is 125 Å². The molecule has 0 saturated heterocycles. The first-order chi connectivity index (χ1) is 18.9. The summed E-state index contributed by atoms with van der Waals surface area (Å²) in [5.74, 6) is -0.708. The largest absolute Gasteiger partial charge is 0.325 e. The predicted octanol–water partition coefficient (Wildman–Crippen LogP) is 5.84. The van der Waals surface area contributed by atoms with Crippen LogP contribution in [0.3, 0.4) is 0 Å². The van der Waals surface area contributed by atoms with Gasteiger partial charge in [-0.3, -0.25) is 19.4 Å². The van der Waals surface area contributed by atoms with Crippen molar-refractivity contribution in [1.29, 1.82) is 0 Å². The van der Waals surface area contributed by atoms with Crippen molar-refractivity contribution < 1.29 is 14.4 Å². The molecule has 0 aliphatic carbocycles. The Hall–Kier alpha value is -4.69. The Balaban J connectivity index is 1.39. The second-order valence-corrected chi connectivity index (χ2v) is 9.80. The molecule has 0 fully saturated rings. The molecule has 0 spiro atoms. The first-order valence-corrected chi connectivity index (χ1v) is 13.3. The summed E-state index contributed by atoms with van der Waals surface area (Å²) in [6, 6.07) is 25.3. The zero-order valence-electron chi connectivity index (χ0n) is 21.6. The van der Waals surface area contributed by atoms with Gasteiger partial charge in [0.15, 0.2) is 0 Å². The van der Waals surface area contributed by atoms with Crippen molar-refractivity contribution in [2.45, 2.75) is 18.7 Å². The van der Waals surface area contributed by atoms with Gasteiger partial charge in [0.1, 0.15) is 5.70 Å². The van der Waals surface area contributed by atoms with E-state index in [-0.39, 0.29) is 17.4 Å². The summed E-state index contributed by atoms with van der Waals surface area (Å²) in [6.45, 7) is 3.93. The molecule has 8 heteroatoms. The molecule has 39 heavy (non-hydrogen) atoms. The number of aromatic nitrogens is 1. The number of rotatable bonds is 9.